The number of aromatic nitrogens is 5. The molecule has 18 N–H and O–H groups in total. The van der Waals surface area contributed by atoms with Crippen LogP contribution in [0, 0.1) is 11.8 Å². The number of rotatable bonds is 12. The van der Waals surface area contributed by atoms with Gasteiger partial charge in [-0.3, -0.25) is 72.8 Å². The van der Waals surface area contributed by atoms with Crippen molar-refractivity contribution >= 4 is 145 Å². The lowest BCUT2D eigenvalue weighted by Gasteiger charge is -2.45. The van der Waals surface area contributed by atoms with Gasteiger partial charge < -0.3 is 89.2 Å². The fourth-order valence-electron chi connectivity index (χ4n) is 14.0. The Hall–Kier alpha value is -10.9. The van der Waals surface area contributed by atoms with Gasteiger partial charge in [-0.1, -0.05) is 52.2 Å². The Kier molecular flexibility index (Phi) is 27.2. The van der Waals surface area contributed by atoms with Crippen molar-refractivity contribution in [1.82, 2.24) is 83.4 Å². The van der Waals surface area contributed by atoms with Crippen LogP contribution in [0.5, 0.6) is 0 Å². The van der Waals surface area contributed by atoms with Gasteiger partial charge in [0.05, 0.1) is 64.2 Å². The van der Waals surface area contributed by atoms with Gasteiger partial charge in [-0.15, -0.1) is 57.1 Å². The number of primary amides is 1. The van der Waals surface area contributed by atoms with Crippen molar-refractivity contribution in [3.63, 3.8) is 0 Å². The number of nitrogens with zero attached hydrogens (tertiary/aromatic N) is 7. The van der Waals surface area contributed by atoms with E-state index in [-0.39, 0.29) is 101 Å². The highest BCUT2D eigenvalue weighted by Crippen LogP contribution is 2.50. The molecule has 0 radical (unpaired) electrons. The van der Waals surface area contributed by atoms with Gasteiger partial charge in [0, 0.05) is 45.7 Å². The summed E-state index contributed by atoms with van der Waals surface area (Å²) in [5, 5.41) is 93.4. The number of aliphatic imine (C=N–C) groups is 2. The molecule has 38 nitrogen and oxygen atoms in total. The molecule has 43 heteroatoms. The molecule has 11 amide bonds. The van der Waals surface area contributed by atoms with Gasteiger partial charge in [0.2, 0.25) is 29.5 Å². The lowest BCUT2D eigenvalue weighted by molar-refractivity contribution is -0.131. The zero-order valence-electron chi connectivity index (χ0n) is 65.8. The molecule has 119 heavy (non-hydrogen) atoms. The lowest BCUT2D eigenvalue weighted by Crippen LogP contribution is -2.59. The van der Waals surface area contributed by atoms with Gasteiger partial charge in [0.15, 0.2) is 5.78 Å². The molecule has 5 aromatic heterocycles. The van der Waals surface area contributed by atoms with Crippen LogP contribution in [0.3, 0.4) is 0 Å². The quantitative estimate of drug-likeness (QED) is 0.0612. The first kappa shape index (κ1) is 88.9. The standard InChI is InChI=1S/C76H89N19O19S5/c1-14-27(3)50-67(110)82-31(7)61(104)79-29(5)60(103)80-32(8)62(105)95-76-19-18-42(70-88-45(23-116-70)63(106)81-30(6)59(102)78-28(4)58(77)101)84-56(76)44-22-117-71(86-44)52(35(11)114-73(112)43-21-39(33(9)96)49-38-17-16-37(99)20-40(38)53(91-50)55(100)54(49)83-43)93-64(107)46-25-118-72(89-46)57(75(13,113)36(12)98)94-66(109)47-24-115-69(87-47)41(15-2)85-68(111)51(34(10)97)92-65(108)48-26-119-74(76)90-48/h15-17,21-23,25-27,31-36,38,40,47,50-53,55-57,91,96-98,100,113H,4-6,14,18-20,24H2,1-3,7-13H3,(H2,77,101)(H,78,102)(H,79,104)(H,80,103)(H,81,106)(H,82,110)(H,85,111)(H,92,108)(H,93,107)(H,94,109)(H,95,105)/b41-15-/t27-,31-,32-,33-,34+,35+,36+,38?,40?,47+,50-,51-,52-,53+,55-,56+,57+,75+,76+/m0/s1. The number of ether oxygens (including phenoxy) is 1. The van der Waals surface area contributed by atoms with Crippen LogP contribution < -0.4 is 64.2 Å². The van der Waals surface area contributed by atoms with Gasteiger partial charge in [0.25, 0.3) is 35.4 Å². The summed E-state index contributed by atoms with van der Waals surface area (Å²) >= 11 is 4.38. The maximum Gasteiger partial charge on any atom is 0.357 e. The van der Waals surface area contributed by atoms with E-state index in [0.29, 0.717) is 6.42 Å². The highest BCUT2D eigenvalue weighted by atomic mass is 32.2. The van der Waals surface area contributed by atoms with E-state index in [1.165, 1.54) is 88.2 Å². The van der Waals surface area contributed by atoms with Crippen molar-refractivity contribution in [3.05, 3.63) is 154 Å². The summed E-state index contributed by atoms with van der Waals surface area (Å²) in [5.74, 6) is -14.4. The van der Waals surface area contributed by atoms with Gasteiger partial charge in [-0.2, -0.15) is 0 Å². The summed E-state index contributed by atoms with van der Waals surface area (Å²) in [5.41, 5.74) is -1.94. The summed E-state index contributed by atoms with van der Waals surface area (Å²) in [6.45, 7) is 24.9. The molecule has 0 spiro atoms. The number of hydrogen-bond donors (Lipinski definition) is 17. The molecule has 11 rings (SSSR count). The Morgan fingerprint density at radius 1 is 0.765 bits per heavy atom. The van der Waals surface area contributed by atoms with Crippen LogP contribution in [0.15, 0.2) is 98.3 Å². The normalized spacial score (nSPS) is 28.1. The number of nitrogens with two attached hydrogens (primary N) is 1. The Balaban J connectivity index is 1.11. The number of thiazole rings is 4. The molecule has 6 aliphatic rings. The summed E-state index contributed by atoms with van der Waals surface area (Å²) < 4.78 is 6.34. The highest BCUT2D eigenvalue weighted by molar-refractivity contribution is 8.14. The molecule has 0 saturated carbocycles. The Morgan fingerprint density at radius 2 is 1.45 bits per heavy atom. The maximum atomic E-state index is 15.5. The third kappa shape index (κ3) is 18.9. The number of carbonyl (C=O) groups is 13. The van der Waals surface area contributed by atoms with E-state index in [0.717, 1.165) is 57.1 Å². The topological polar surface area (TPSA) is 580 Å². The number of ketones is 1. The van der Waals surface area contributed by atoms with E-state index in [2.05, 4.69) is 93.2 Å². The molecular formula is C76H89N19O19S5. The number of fused-ring (bicyclic) bond motifs is 10. The van der Waals surface area contributed by atoms with Gasteiger partial charge in [-0.05, 0) is 103 Å². The predicted octanol–water partition coefficient (Wildman–Crippen LogP) is 0.990. The second-order valence-corrected chi connectivity index (χ2v) is 34.2. The molecule has 2 aliphatic carbocycles. The summed E-state index contributed by atoms with van der Waals surface area (Å²) in [6, 6.07) is -11.9. The molecule has 19 atom stereocenters. The van der Waals surface area contributed by atoms with E-state index in [1.807, 2.05) is 0 Å². The first-order valence-electron chi connectivity index (χ1n) is 37.6. The van der Waals surface area contributed by atoms with Crippen LogP contribution in [0.4, 0.5) is 0 Å². The van der Waals surface area contributed by atoms with Crippen molar-refractivity contribution in [2.24, 2.45) is 27.6 Å². The SMILES string of the molecule is C=C(NC(=O)C(=C)NC(=O)c1csc(C2=N[C@@H]3c4csc(n4)[C@H]4NC(=O)c5csc(n5)[C@H]([C@](C)(O)[C@@H](C)O)NC(=O)[C@H]5CSC(=N5)/C(=C/C)NC(=O)[C@H]([C@@H](C)O)NC(=O)c5csc(n5)[C@]3(CC2)NC(=O)[C@H](C)NC(=O)C(=C)NC(=O)[C@H](C)NC(=O)[C@H]([C@@H](C)CC)N[C@@H]2C3CC(=O)C=CC3c3c([C@H](C)O)cc(nc3[C@H]2O)C(=O)O[C@@H]4C)n1)C(N)=O. The number of cyclic esters (lactones) is 1. The fraction of sp³-hybridized carbons (Fsp3) is 0.447. The minimum atomic E-state index is -2.22. The fourth-order valence-corrected chi connectivity index (χ4v) is 18.8. The minimum Gasteiger partial charge on any atom is -0.455 e. The van der Waals surface area contributed by atoms with E-state index in [1.54, 1.807) is 26.8 Å². The molecule has 632 valence electrons. The smallest absolute Gasteiger partial charge is 0.357 e. The van der Waals surface area contributed by atoms with Crippen LogP contribution in [0.2, 0.25) is 0 Å². The van der Waals surface area contributed by atoms with Crippen molar-refractivity contribution in [1.29, 1.82) is 0 Å². The number of nitrogens with one attached hydrogen (secondary N) is 11. The zero-order chi connectivity index (χ0) is 86.9. The van der Waals surface area contributed by atoms with Crippen LogP contribution in [0.25, 0.3) is 0 Å². The van der Waals surface area contributed by atoms with Crippen LogP contribution in [-0.4, -0.2) is 204 Å². The molecule has 0 aromatic carbocycles. The van der Waals surface area contributed by atoms with E-state index >= 15 is 14.4 Å². The average molecular weight is 1730 g/mol. The second kappa shape index (κ2) is 36.4. The maximum absolute atomic E-state index is 15.5. The Labute approximate surface area is 700 Å². The number of amides is 11. The van der Waals surface area contributed by atoms with Crippen LogP contribution >= 0.6 is 57.1 Å². The Morgan fingerprint density at radius 3 is 2.13 bits per heavy atom. The molecule has 0 fully saturated rings. The number of esters is 1. The summed E-state index contributed by atoms with van der Waals surface area (Å²) in [4.78, 5) is 219. The predicted molar refractivity (Wildman–Crippen MR) is 434 cm³/mol. The summed E-state index contributed by atoms with van der Waals surface area (Å²) in [6.07, 6.45) is -3.83. The largest absolute Gasteiger partial charge is 0.455 e. The minimum absolute atomic E-state index is 0.0254. The monoisotopic (exact) mass is 1730 g/mol. The van der Waals surface area contributed by atoms with Gasteiger partial charge in [-0.25, -0.2) is 29.7 Å². The second-order valence-electron chi connectivity index (χ2n) is 29.7. The molecule has 0 saturated heterocycles. The zero-order valence-corrected chi connectivity index (χ0v) is 69.9. The average Bonchev–Trinajstić information content (AvgIpc) is 0.778. The lowest BCUT2D eigenvalue weighted by atomic mass is 9.66. The number of aliphatic hydroxyl groups is 5. The first-order valence-corrected chi connectivity index (χ1v) is 42.1. The van der Waals surface area contributed by atoms with E-state index in [9.17, 15) is 73.5 Å². The van der Waals surface area contributed by atoms with Crippen molar-refractivity contribution in [2.75, 3.05) is 5.75 Å². The third-order valence-electron chi connectivity index (χ3n) is 21.2. The highest BCUT2D eigenvalue weighted by Gasteiger charge is 2.53. The molecule has 9 heterocycles. The number of hydrogen-bond acceptors (Lipinski definition) is 32. The number of aliphatic hydroxyl groups excluding tert-OH is 4. The molecular weight excluding hydrogens is 1640 g/mol. The van der Waals surface area contributed by atoms with E-state index in [4.69, 9.17) is 30.4 Å². The van der Waals surface area contributed by atoms with Crippen LogP contribution in [0.1, 0.15) is 216 Å². The van der Waals surface area contributed by atoms with E-state index < -0.39 is 213 Å². The number of pyridine rings is 1. The third-order valence-corrected chi connectivity index (χ3v) is 26.0. The molecule has 4 aliphatic heterocycles. The molecule has 2 unspecified atom stereocenters. The summed E-state index contributed by atoms with van der Waals surface area (Å²) in [7, 11) is 0. The molecule has 5 aromatic rings. The number of carbonyl (C=O) groups excluding carboxylic acids is 13. The first-order chi connectivity index (χ1) is 56.1. The Bertz CT molecular complexity index is 5140. The number of thioether (sulfide) groups is 1. The molecule has 13 bridgehead atoms. The van der Waals surface area contributed by atoms with Crippen LogP contribution in [-0.2, 0) is 53.4 Å². The number of allylic oxidation sites excluding steroid dienone is 3. The van der Waals surface area contributed by atoms with Gasteiger partial charge >= 0.3 is 5.97 Å². The van der Waals surface area contributed by atoms with Gasteiger partial charge in [0.1, 0.15) is 113 Å². The van der Waals surface area contributed by atoms with Crippen molar-refractivity contribution < 1.29 is 92.6 Å². The van der Waals surface area contributed by atoms with Crippen molar-refractivity contribution in [2.45, 2.75) is 197 Å². The van der Waals surface area contributed by atoms with Crippen molar-refractivity contribution in [3.8, 4) is 0 Å².